The molecule has 2 aliphatic heterocycles. The number of ether oxygens (including phenoxy) is 3. The van der Waals surface area contributed by atoms with Gasteiger partial charge in [0, 0.05) is 27.3 Å². The molecule has 5 aromatic rings. The molecule has 4 heterocycles. The summed E-state index contributed by atoms with van der Waals surface area (Å²) in [6.07, 6.45) is 2.01. The molecule has 284 valence electrons. The van der Waals surface area contributed by atoms with Crippen molar-refractivity contribution in [2.45, 2.75) is 76.8 Å². The molecule has 2 fully saturated rings. The van der Waals surface area contributed by atoms with Crippen molar-refractivity contribution in [3.63, 3.8) is 0 Å². The molecule has 7 rings (SSSR count). The predicted octanol–water partition coefficient (Wildman–Crippen LogP) is 6.53. The van der Waals surface area contributed by atoms with E-state index < -0.39 is 18.2 Å². The Balaban J connectivity index is 1.07. The van der Waals surface area contributed by atoms with Crippen molar-refractivity contribution in [3.8, 4) is 22.3 Å². The molecule has 2 saturated heterocycles. The maximum Gasteiger partial charge on any atom is 0.407 e. The Bertz CT molecular complexity index is 2140. The molecular formula is C41H49N7O6. The molecule has 0 saturated carbocycles. The molecule has 3 amide bonds. The van der Waals surface area contributed by atoms with E-state index in [-0.39, 0.29) is 35.9 Å². The number of imidazole rings is 2. The molecular weight excluding hydrogens is 686 g/mol. The third-order valence-electron chi connectivity index (χ3n) is 11.3. The summed E-state index contributed by atoms with van der Waals surface area (Å²) in [7, 11) is 4.42. The monoisotopic (exact) mass is 735 g/mol. The van der Waals surface area contributed by atoms with E-state index in [4.69, 9.17) is 24.2 Å². The van der Waals surface area contributed by atoms with Crippen LogP contribution in [0.3, 0.4) is 0 Å². The van der Waals surface area contributed by atoms with E-state index in [1.807, 2.05) is 24.8 Å². The molecule has 0 radical (unpaired) electrons. The fourth-order valence-electron chi connectivity index (χ4n) is 7.76. The number of alkyl carbamates (subject to hydrolysis) is 1. The van der Waals surface area contributed by atoms with Gasteiger partial charge in [0.15, 0.2) is 0 Å². The van der Waals surface area contributed by atoms with Gasteiger partial charge in [-0.2, -0.15) is 0 Å². The fraction of sp³-hybridized carbons (Fsp3) is 0.439. The molecule has 0 unspecified atom stereocenters. The zero-order valence-corrected chi connectivity index (χ0v) is 31.7. The van der Waals surface area contributed by atoms with E-state index in [9.17, 15) is 14.4 Å². The van der Waals surface area contributed by atoms with Crippen LogP contribution in [-0.2, 0) is 23.8 Å². The minimum atomic E-state index is -0.889. The smallest absolute Gasteiger partial charge is 0.407 e. The summed E-state index contributed by atoms with van der Waals surface area (Å²) in [5.74, 6) is 1.18. The lowest BCUT2D eigenvalue weighted by Gasteiger charge is -2.30. The highest BCUT2D eigenvalue weighted by Crippen LogP contribution is 2.36. The van der Waals surface area contributed by atoms with Gasteiger partial charge >= 0.3 is 6.09 Å². The van der Waals surface area contributed by atoms with Gasteiger partial charge in [0.1, 0.15) is 17.7 Å². The second-order valence-corrected chi connectivity index (χ2v) is 14.4. The molecule has 0 aliphatic carbocycles. The Morgan fingerprint density at radius 1 is 0.685 bits per heavy atom. The van der Waals surface area contributed by atoms with Gasteiger partial charge in [-0.3, -0.25) is 9.59 Å². The van der Waals surface area contributed by atoms with Crippen LogP contribution in [0.1, 0.15) is 70.2 Å². The van der Waals surface area contributed by atoms with E-state index in [0.29, 0.717) is 12.4 Å². The molecule has 0 bridgehead atoms. The minimum Gasteiger partial charge on any atom is -0.453 e. The molecule has 3 aromatic carbocycles. The van der Waals surface area contributed by atoms with E-state index in [1.54, 1.807) is 18.9 Å². The van der Waals surface area contributed by atoms with Gasteiger partial charge in [-0.25, -0.2) is 14.8 Å². The number of H-pyrrole nitrogens is 2. The van der Waals surface area contributed by atoms with Crippen molar-refractivity contribution in [2.24, 2.45) is 5.92 Å². The number of aromatic amines is 2. The molecule has 2 aromatic heterocycles. The lowest BCUT2D eigenvalue weighted by atomic mass is 10.00. The van der Waals surface area contributed by atoms with Crippen LogP contribution in [0, 0.1) is 5.92 Å². The van der Waals surface area contributed by atoms with E-state index >= 15 is 0 Å². The van der Waals surface area contributed by atoms with Crippen molar-refractivity contribution in [3.05, 3.63) is 72.3 Å². The number of aromatic nitrogens is 4. The summed E-state index contributed by atoms with van der Waals surface area (Å²) in [4.78, 5) is 59.6. The first-order valence-electron chi connectivity index (χ1n) is 18.7. The summed E-state index contributed by atoms with van der Waals surface area (Å²) in [5, 5.41) is 2.64. The first-order valence-corrected chi connectivity index (χ1v) is 18.7. The van der Waals surface area contributed by atoms with Crippen LogP contribution < -0.4 is 5.32 Å². The number of rotatable bonds is 11. The summed E-state index contributed by atoms with van der Waals surface area (Å²) in [5.41, 5.74) is 7.72. The van der Waals surface area contributed by atoms with E-state index in [0.717, 1.165) is 82.4 Å². The van der Waals surface area contributed by atoms with Crippen molar-refractivity contribution < 1.29 is 28.6 Å². The van der Waals surface area contributed by atoms with Crippen LogP contribution in [0.25, 0.3) is 44.3 Å². The van der Waals surface area contributed by atoms with Crippen LogP contribution in [0.4, 0.5) is 4.79 Å². The number of benzene rings is 3. The zero-order chi connectivity index (χ0) is 38.1. The average molecular weight is 736 g/mol. The highest BCUT2D eigenvalue weighted by molar-refractivity contribution is 5.88. The molecule has 13 heteroatoms. The summed E-state index contributed by atoms with van der Waals surface area (Å²) >= 11 is 0. The number of methoxy groups -OCH3 is 3. The first kappa shape index (κ1) is 37.1. The molecule has 2 aliphatic rings. The topological polar surface area (TPSA) is 155 Å². The highest BCUT2D eigenvalue weighted by Gasteiger charge is 2.39. The lowest BCUT2D eigenvalue weighted by molar-refractivity contribution is -0.140. The van der Waals surface area contributed by atoms with Crippen molar-refractivity contribution in [1.82, 2.24) is 35.1 Å². The number of likely N-dealkylation sites (tertiary alicyclic amines) is 2. The Kier molecular flexibility index (Phi) is 10.7. The number of nitrogens with zero attached hydrogens (tertiary/aromatic N) is 4. The Hall–Kier alpha value is -5.27. The number of fused-ring (bicyclic) bond motifs is 2. The SMILES string of the molecule is COC(=O)N[C@H](C(=O)N1CCC[C@H]1c1nc2cc(-c3ccc(-c4ccc5[nH]c([C@@H]6CCCN6C(=O)[C@@H](C)[C@@H](C)OC)nc5c4)cc3)ccc2[nH]1)[C@@H](C)OC. The number of hydrogen-bond donors (Lipinski definition) is 3. The number of hydrogen-bond acceptors (Lipinski definition) is 8. The van der Waals surface area contributed by atoms with E-state index in [1.165, 1.54) is 14.2 Å². The highest BCUT2D eigenvalue weighted by atomic mass is 16.5. The number of amides is 3. The fourth-order valence-corrected chi connectivity index (χ4v) is 7.76. The van der Waals surface area contributed by atoms with Gasteiger partial charge in [0.05, 0.1) is 59.4 Å². The molecule has 13 nitrogen and oxygen atoms in total. The minimum absolute atomic E-state index is 0.0749. The lowest BCUT2D eigenvalue weighted by Crippen LogP contribution is -2.54. The Morgan fingerprint density at radius 2 is 1.15 bits per heavy atom. The van der Waals surface area contributed by atoms with Crippen molar-refractivity contribution in [2.75, 3.05) is 34.4 Å². The average Bonchev–Trinajstić information content (AvgIpc) is 4.03. The second-order valence-electron chi connectivity index (χ2n) is 14.4. The van der Waals surface area contributed by atoms with Gasteiger partial charge in [-0.15, -0.1) is 0 Å². The summed E-state index contributed by atoms with van der Waals surface area (Å²) < 4.78 is 15.6. The van der Waals surface area contributed by atoms with Crippen LogP contribution in [0.15, 0.2) is 60.7 Å². The van der Waals surface area contributed by atoms with Crippen molar-refractivity contribution in [1.29, 1.82) is 0 Å². The summed E-state index contributed by atoms with van der Waals surface area (Å²) in [6.45, 7) is 6.88. The molecule has 54 heavy (non-hydrogen) atoms. The number of carbonyl (C=O) groups is 3. The number of carbonyl (C=O) groups excluding carboxylic acids is 3. The Morgan fingerprint density at radius 3 is 1.61 bits per heavy atom. The van der Waals surface area contributed by atoms with Gasteiger partial charge in [0.2, 0.25) is 11.8 Å². The van der Waals surface area contributed by atoms with Gasteiger partial charge in [-0.1, -0.05) is 43.3 Å². The van der Waals surface area contributed by atoms with Crippen molar-refractivity contribution >= 4 is 40.0 Å². The largest absolute Gasteiger partial charge is 0.453 e. The predicted molar refractivity (Wildman–Crippen MR) is 205 cm³/mol. The third-order valence-corrected chi connectivity index (χ3v) is 11.3. The molecule has 6 atom stereocenters. The number of nitrogens with one attached hydrogen (secondary N) is 3. The maximum atomic E-state index is 13.7. The van der Waals surface area contributed by atoms with E-state index in [2.05, 4.69) is 69.9 Å². The quantitative estimate of drug-likeness (QED) is 0.138. The first-order chi connectivity index (χ1) is 26.1. The van der Waals surface area contributed by atoms with Gasteiger partial charge < -0.3 is 39.3 Å². The summed E-state index contributed by atoms with van der Waals surface area (Å²) in [6, 6.07) is 19.6. The van der Waals surface area contributed by atoms with Crippen LogP contribution in [0.5, 0.6) is 0 Å². The Labute approximate surface area is 314 Å². The molecule has 3 N–H and O–H groups in total. The standard InChI is InChI=1S/C41H49N7O6/c1-23(24(2)52-4)39(49)47-19-7-9-34(47)37-42-30-17-15-28(21-32(30)44-37)26-11-13-27(14-12-26)29-16-18-31-33(22-29)45-38(43-31)35-10-8-20-48(35)40(50)36(25(3)53-5)46-41(51)54-6/h11-18,21-25,34-36H,7-10,19-20H2,1-6H3,(H,42,44)(H,43,45)(H,46,51)/t23-,24+,25+,34-,35-,36-/m0/s1. The normalized spacial score (nSPS) is 19.6. The van der Waals surface area contributed by atoms with Crippen LogP contribution in [0.2, 0.25) is 0 Å². The van der Waals surface area contributed by atoms with Crippen LogP contribution in [-0.4, -0.2) is 100 Å². The third kappa shape index (κ3) is 7.17. The zero-order valence-electron chi connectivity index (χ0n) is 31.7. The second kappa shape index (κ2) is 15.6. The molecule has 0 spiro atoms. The van der Waals surface area contributed by atoms with Gasteiger partial charge in [-0.05, 0) is 86.1 Å². The van der Waals surface area contributed by atoms with Gasteiger partial charge in [0.25, 0.3) is 0 Å². The maximum absolute atomic E-state index is 13.7. The van der Waals surface area contributed by atoms with Crippen LogP contribution >= 0.6 is 0 Å².